The number of rotatable bonds is 4. The average molecular weight is 397 g/mol. The van der Waals surface area contributed by atoms with E-state index >= 15 is 0 Å². The lowest BCUT2D eigenvalue weighted by Crippen LogP contribution is -2.51. The SMILES string of the molecule is CN1C2CCCCC1C2.Cc1ccc(NC=O)cc1C(N)=N/C=N/C(F)(F)F. The lowest BCUT2D eigenvalue weighted by Gasteiger charge is -2.44. The number of benzene rings is 1. The maximum absolute atomic E-state index is 11.8. The number of nitrogens with two attached hydrogens (primary N) is 1. The van der Waals surface area contributed by atoms with Crippen molar-refractivity contribution < 1.29 is 18.0 Å². The van der Waals surface area contributed by atoms with Crippen LogP contribution in [0.1, 0.15) is 43.2 Å². The van der Waals surface area contributed by atoms with Gasteiger partial charge < -0.3 is 16.0 Å². The van der Waals surface area contributed by atoms with E-state index in [2.05, 4.69) is 27.2 Å². The molecule has 0 radical (unpaired) electrons. The number of hydrogen-bond acceptors (Lipinski definition) is 3. The zero-order chi connectivity index (χ0) is 20.7. The Hall–Kier alpha value is -2.42. The molecule has 1 saturated carbocycles. The van der Waals surface area contributed by atoms with Crippen molar-refractivity contribution in [1.82, 2.24) is 4.90 Å². The molecule has 2 heterocycles. The van der Waals surface area contributed by atoms with Gasteiger partial charge in [0, 0.05) is 23.3 Å². The third-order valence-electron chi connectivity index (χ3n) is 5.16. The van der Waals surface area contributed by atoms with E-state index in [1.54, 1.807) is 19.1 Å². The molecule has 1 amide bonds. The maximum atomic E-state index is 11.8. The van der Waals surface area contributed by atoms with Crippen molar-refractivity contribution in [3.8, 4) is 0 Å². The number of aryl methyl sites for hydroxylation is 1. The maximum Gasteiger partial charge on any atom is 0.504 e. The molecule has 2 bridgehead atoms. The van der Waals surface area contributed by atoms with Crippen molar-refractivity contribution in [1.29, 1.82) is 0 Å². The Morgan fingerprint density at radius 2 is 1.93 bits per heavy atom. The molecule has 28 heavy (non-hydrogen) atoms. The standard InChI is InChI=1S/C11H11F3N4O.C8H15N/c1-7-2-3-8(17-6-19)4-9(7)10(15)16-5-18-11(12,13)14;1-9-7-4-2-3-5-8(9)6-7/h2-6H,1H3,(H,17,19)(H2,15,16,18);7-8H,2-6H2,1H3. The summed E-state index contributed by atoms with van der Waals surface area (Å²) in [6, 6.07) is 6.73. The third kappa shape index (κ3) is 6.33. The Balaban J connectivity index is 0.000000255. The fourth-order valence-electron chi connectivity index (χ4n) is 3.49. The zero-order valence-corrected chi connectivity index (χ0v) is 16.0. The first-order valence-electron chi connectivity index (χ1n) is 9.18. The van der Waals surface area contributed by atoms with Gasteiger partial charge in [-0.3, -0.25) is 4.79 Å². The van der Waals surface area contributed by atoms with E-state index in [1.807, 2.05) is 0 Å². The van der Waals surface area contributed by atoms with Crippen LogP contribution in [0, 0.1) is 6.92 Å². The van der Waals surface area contributed by atoms with Crippen molar-refractivity contribution >= 4 is 24.3 Å². The first kappa shape index (κ1) is 21.9. The number of halogens is 3. The number of fused-ring (bicyclic) bond motifs is 3. The predicted octanol–water partition coefficient (Wildman–Crippen LogP) is 3.45. The van der Waals surface area contributed by atoms with Gasteiger partial charge in [-0.15, -0.1) is 13.2 Å². The van der Waals surface area contributed by atoms with Crippen molar-refractivity contribution in [2.24, 2.45) is 15.7 Å². The molecule has 3 aliphatic rings. The van der Waals surface area contributed by atoms with Crippen molar-refractivity contribution in [2.45, 2.75) is 57.4 Å². The second kappa shape index (κ2) is 9.68. The van der Waals surface area contributed by atoms with Crippen LogP contribution < -0.4 is 11.1 Å². The van der Waals surface area contributed by atoms with Gasteiger partial charge in [-0.2, -0.15) is 4.99 Å². The van der Waals surface area contributed by atoms with Crippen LogP contribution in [0.5, 0.6) is 0 Å². The Labute approximate surface area is 162 Å². The van der Waals surface area contributed by atoms with Crippen LogP contribution in [0.3, 0.4) is 0 Å². The van der Waals surface area contributed by atoms with E-state index in [0.29, 0.717) is 29.6 Å². The van der Waals surface area contributed by atoms with Crippen LogP contribution in [-0.2, 0) is 4.79 Å². The van der Waals surface area contributed by atoms with Crippen LogP contribution in [0.15, 0.2) is 28.2 Å². The van der Waals surface area contributed by atoms with Gasteiger partial charge in [0.1, 0.15) is 12.2 Å². The molecule has 2 saturated heterocycles. The monoisotopic (exact) mass is 397 g/mol. The van der Waals surface area contributed by atoms with Crippen molar-refractivity contribution in [3.05, 3.63) is 29.3 Å². The van der Waals surface area contributed by atoms with E-state index < -0.39 is 6.30 Å². The molecule has 0 aromatic heterocycles. The van der Waals surface area contributed by atoms with Gasteiger partial charge in [0.15, 0.2) is 0 Å². The highest BCUT2D eigenvalue weighted by atomic mass is 19.4. The Morgan fingerprint density at radius 1 is 1.29 bits per heavy atom. The van der Waals surface area contributed by atoms with Crippen LogP contribution in [-0.4, -0.2) is 48.9 Å². The highest BCUT2D eigenvalue weighted by Crippen LogP contribution is 2.34. The minimum Gasteiger partial charge on any atom is -0.383 e. The van der Waals surface area contributed by atoms with Gasteiger partial charge in [0.25, 0.3) is 0 Å². The van der Waals surface area contributed by atoms with Gasteiger partial charge >= 0.3 is 6.30 Å². The number of anilines is 1. The Bertz CT molecular complexity index is 717. The third-order valence-corrected chi connectivity index (χ3v) is 5.16. The summed E-state index contributed by atoms with van der Waals surface area (Å²) in [7, 11) is 2.28. The lowest BCUT2D eigenvalue weighted by molar-refractivity contribution is -0.119. The van der Waals surface area contributed by atoms with E-state index in [9.17, 15) is 18.0 Å². The minimum atomic E-state index is -4.68. The molecule has 1 aromatic carbocycles. The molecule has 3 N–H and O–H groups in total. The van der Waals surface area contributed by atoms with Crippen LogP contribution in [0.25, 0.3) is 0 Å². The van der Waals surface area contributed by atoms with E-state index in [1.165, 1.54) is 38.2 Å². The molecular formula is C19H26F3N5O. The predicted molar refractivity (Wildman–Crippen MR) is 105 cm³/mol. The largest absolute Gasteiger partial charge is 0.504 e. The zero-order valence-electron chi connectivity index (χ0n) is 16.0. The smallest absolute Gasteiger partial charge is 0.383 e. The lowest BCUT2D eigenvalue weighted by atomic mass is 9.93. The highest BCUT2D eigenvalue weighted by Gasteiger charge is 2.36. The summed E-state index contributed by atoms with van der Waals surface area (Å²) >= 11 is 0. The number of hydrogen-bond donors (Lipinski definition) is 2. The highest BCUT2D eigenvalue weighted by molar-refractivity contribution is 6.03. The number of nitrogens with one attached hydrogen (secondary N) is 1. The molecule has 3 fully saturated rings. The molecule has 4 rings (SSSR count). The summed E-state index contributed by atoms with van der Waals surface area (Å²) < 4.78 is 35.4. The summed E-state index contributed by atoms with van der Waals surface area (Å²) in [5.74, 6) is -0.125. The van der Waals surface area contributed by atoms with Crippen LogP contribution in [0.2, 0.25) is 0 Å². The van der Waals surface area contributed by atoms with Crippen LogP contribution in [0.4, 0.5) is 18.9 Å². The summed E-state index contributed by atoms with van der Waals surface area (Å²) in [6.45, 7) is 1.71. The number of alkyl halides is 3. The number of nitrogens with zero attached hydrogens (tertiary/aromatic N) is 3. The molecule has 1 aliphatic carbocycles. The van der Waals surface area contributed by atoms with E-state index in [0.717, 1.165) is 12.1 Å². The van der Waals surface area contributed by atoms with E-state index in [4.69, 9.17) is 5.73 Å². The second-order valence-corrected chi connectivity index (χ2v) is 7.01. The first-order valence-corrected chi connectivity index (χ1v) is 9.18. The molecule has 6 nitrogen and oxygen atoms in total. The van der Waals surface area contributed by atoms with Crippen molar-refractivity contribution in [3.63, 3.8) is 0 Å². The molecular weight excluding hydrogens is 371 g/mol. The quantitative estimate of drug-likeness (QED) is 0.353. The van der Waals surface area contributed by atoms with E-state index in [-0.39, 0.29) is 5.84 Å². The molecule has 154 valence electrons. The van der Waals surface area contributed by atoms with Gasteiger partial charge in [-0.25, -0.2) is 4.99 Å². The summed E-state index contributed by atoms with van der Waals surface area (Å²) in [5, 5.41) is 2.41. The fraction of sp³-hybridized carbons (Fsp3) is 0.526. The number of aliphatic imine (C=N–C) groups is 2. The van der Waals surface area contributed by atoms with Crippen molar-refractivity contribution in [2.75, 3.05) is 12.4 Å². The molecule has 9 heteroatoms. The molecule has 2 atom stereocenters. The topological polar surface area (TPSA) is 83.1 Å². The number of amidine groups is 1. The number of amides is 1. The second-order valence-electron chi connectivity index (χ2n) is 7.01. The Kier molecular flexibility index (Phi) is 7.56. The first-order chi connectivity index (χ1) is 13.2. The molecule has 0 spiro atoms. The van der Waals surface area contributed by atoms with Crippen LogP contribution >= 0.6 is 0 Å². The molecule has 2 aliphatic heterocycles. The summed E-state index contributed by atoms with van der Waals surface area (Å²) in [5.41, 5.74) is 7.15. The average Bonchev–Trinajstić information content (AvgIpc) is 2.98. The van der Waals surface area contributed by atoms with Gasteiger partial charge in [0.05, 0.1) is 0 Å². The van der Waals surface area contributed by atoms with Gasteiger partial charge in [-0.1, -0.05) is 18.9 Å². The summed E-state index contributed by atoms with van der Waals surface area (Å²) in [6.07, 6.45) is 3.52. The number of carbonyl (C=O) groups is 1. The minimum absolute atomic E-state index is 0.125. The molecule has 2 unspecified atom stereocenters. The Morgan fingerprint density at radius 3 is 2.46 bits per heavy atom. The van der Waals surface area contributed by atoms with Gasteiger partial charge in [-0.05, 0) is 50.9 Å². The van der Waals surface area contributed by atoms with Gasteiger partial charge in [0.2, 0.25) is 6.41 Å². The molecule has 1 aromatic rings. The fourth-order valence-corrected chi connectivity index (χ4v) is 3.49. The normalized spacial score (nSPS) is 22.7. The summed E-state index contributed by atoms with van der Waals surface area (Å²) in [4.78, 5) is 18.5. The number of carbonyl (C=O) groups excluding carboxylic acids is 1.